The molecule has 3 aromatic rings. The molecule has 1 aliphatic rings. The minimum Gasteiger partial charge on any atom is -0.493 e. The summed E-state index contributed by atoms with van der Waals surface area (Å²) in [6, 6.07) is 23.8. The first kappa shape index (κ1) is 26.3. The lowest BCUT2D eigenvalue weighted by atomic mass is 9.95. The van der Waals surface area contributed by atoms with Gasteiger partial charge in [0.15, 0.2) is 6.10 Å². The fourth-order valence-corrected chi connectivity index (χ4v) is 4.17. The molecule has 0 saturated heterocycles. The molecule has 0 N–H and O–H groups in total. The summed E-state index contributed by atoms with van der Waals surface area (Å²) >= 11 is 0. The van der Waals surface area contributed by atoms with Crippen LogP contribution in [0, 0.1) is 0 Å². The Labute approximate surface area is 218 Å². The molecule has 0 aromatic heterocycles. The third-order valence-electron chi connectivity index (χ3n) is 5.94. The van der Waals surface area contributed by atoms with Crippen molar-refractivity contribution in [1.82, 2.24) is 0 Å². The van der Waals surface area contributed by atoms with E-state index in [-0.39, 0.29) is 12.8 Å². The predicted octanol–water partition coefficient (Wildman–Crippen LogP) is 6.22. The summed E-state index contributed by atoms with van der Waals surface area (Å²) in [6.45, 7) is 5.36. The topological polar surface area (TPSA) is 63.2 Å². The largest absolute Gasteiger partial charge is 0.493 e. The summed E-state index contributed by atoms with van der Waals surface area (Å²) in [5.41, 5.74) is 4.11. The van der Waals surface area contributed by atoms with Gasteiger partial charge in [0.1, 0.15) is 17.2 Å². The minimum absolute atomic E-state index is 0.172. The third kappa shape index (κ3) is 7.14. The molecule has 3 aromatic carbocycles. The van der Waals surface area contributed by atoms with E-state index in [1.807, 2.05) is 67.6 Å². The van der Waals surface area contributed by atoms with E-state index in [2.05, 4.69) is 18.2 Å². The Kier molecular flexibility index (Phi) is 9.60. The van der Waals surface area contributed by atoms with Gasteiger partial charge in [0.05, 0.1) is 13.2 Å². The molecule has 1 unspecified atom stereocenters. The second kappa shape index (κ2) is 13.5. The van der Waals surface area contributed by atoms with Crippen molar-refractivity contribution in [1.29, 1.82) is 0 Å². The fourth-order valence-electron chi connectivity index (χ4n) is 4.17. The molecule has 0 fully saturated rings. The predicted molar refractivity (Wildman–Crippen MR) is 143 cm³/mol. The maximum absolute atomic E-state index is 12.2. The van der Waals surface area contributed by atoms with E-state index >= 15 is 0 Å². The van der Waals surface area contributed by atoms with Crippen molar-refractivity contribution in [3.63, 3.8) is 0 Å². The minimum atomic E-state index is -0.596. The molecule has 0 saturated carbocycles. The number of para-hydroxylation sites is 2. The molecule has 1 atom stereocenters. The zero-order chi connectivity index (χ0) is 25.9. The van der Waals surface area contributed by atoms with Gasteiger partial charge in [-0.1, -0.05) is 61.5 Å². The number of hydrogen-bond acceptors (Lipinski definition) is 6. The quantitative estimate of drug-likeness (QED) is 0.229. The summed E-state index contributed by atoms with van der Waals surface area (Å²) in [7, 11) is 0. The van der Waals surface area contributed by atoms with Crippen LogP contribution in [0.1, 0.15) is 43.4 Å². The maximum atomic E-state index is 12.2. The maximum Gasteiger partial charge on any atom is 0.335 e. The molecule has 1 aliphatic heterocycles. The van der Waals surface area contributed by atoms with Gasteiger partial charge in [-0.25, -0.2) is 4.79 Å². The van der Waals surface area contributed by atoms with E-state index < -0.39 is 6.10 Å². The number of esters is 1. The molecule has 0 bridgehead atoms. The second-order valence-corrected chi connectivity index (χ2v) is 8.61. The monoisotopic (exact) mass is 502 g/mol. The highest BCUT2D eigenvalue weighted by Gasteiger charge is 2.21. The van der Waals surface area contributed by atoms with Crippen LogP contribution in [0.15, 0.2) is 78.9 Å². The number of rotatable bonds is 11. The van der Waals surface area contributed by atoms with Crippen LogP contribution in [0.4, 0.5) is 0 Å². The highest BCUT2D eigenvalue weighted by atomic mass is 16.7. The van der Waals surface area contributed by atoms with Crippen molar-refractivity contribution < 1.29 is 28.5 Å². The van der Waals surface area contributed by atoms with E-state index in [0.717, 1.165) is 45.9 Å². The van der Waals surface area contributed by atoms with Crippen molar-refractivity contribution in [2.24, 2.45) is 0 Å². The Morgan fingerprint density at radius 2 is 1.54 bits per heavy atom. The third-order valence-corrected chi connectivity index (χ3v) is 5.94. The van der Waals surface area contributed by atoms with Gasteiger partial charge < -0.3 is 23.7 Å². The van der Waals surface area contributed by atoms with Crippen LogP contribution < -0.4 is 14.2 Å². The normalized spacial score (nSPS) is 13.1. The van der Waals surface area contributed by atoms with Crippen LogP contribution >= 0.6 is 0 Å². The smallest absolute Gasteiger partial charge is 0.335 e. The Bertz CT molecular complexity index is 1130. The van der Waals surface area contributed by atoms with Crippen LogP contribution in [-0.2, 0) is 20.7 Å². The molecular formula is C31H34O6. The van der Waals surface area contributed by atoms with Gasteiger partial charge in [-0.05, 0) is 48.7 Å². The number of carbonyl (C=O) groups is 1. The average molecular weight is 503 g/mol. The van der Waals surface area contributed by atoms with Gasteiger partial charge in [-0.15, -0.1) is 0 Å². The molecule has 194 valence electrons. The summed E-state index contributed by atoms with van der Waals surface area (Å²) < 4.78 is 28.6. The fraction of sp³-hybridized carbons (Fsp3) is 0.323. The first-order chi connectivity index (χ1) is 18.2. The molecule has 37 heavy (non-hydrogen) atoms. The molecule has 4 rings (SSSR count). The molecule has 0 spiro atoms. The van der Waals surface area contributed by atoms with E-state index in [4.69, 9.17) is 23.7 Å². The second-order valence-electron chi connectivity index (χ2n) is 8.61. The molecular weight excluding hydrogens is 468 g/mol. The zero-order valence-corrected chi connectivity index (χ0v) is 21.5. The molecule has 6 heteroatoms. The summed E-state index contributed by atoms with van der Waals surface area (Å²) in [4.78, 5) is 12.2. The Morgan fingerprint density at radius 3 is 2.16 bits per heavy atom. The Balaban J connectivity index is 1.40. The van der Waals surface area contributed by atoms with Crippen LogP contribution in [0.25, 0.3) is 5.57 Å². The average Bonchev–Trinajstić information content (AvgIpc) is 2.92. The van der Waals surface area contributed by atoms with Gasteiger partial charge in [0.25, 0.3) is 0 Å². The molecule has 1 heterocycles. The number of hydrogen-bond donors (Lipinski definition) is 0. The van der Waals surface area contributed by atoms with Crippen molar-refractivity contribution in [3.05, 3.63) is 95.6 Å². The summed E-state index contributed by atoms with van der Waals surface area (Å²) in [5.74, 6) is 2.04. The molecule has 0 amide bonds. The van der Waals surface area contributed by atoms with Gasteiger partial charge in [0.2, 0.25) is 6.79 Å². The number of ether oxygens (including phenoxy) is 5. The number of carbonyl (C=O) groups excluding carboxylic acids is 1. The van der Waals surface area contributed by atoms with Crippen LogP contribution in [0.2, 0.25) is 0 Å². The van der Waals surface area contributed by atoms with Crippen molar-refractivity contribution in [2.75, 3.05) is 26.6 Å². The van der Waals surface area contributed by atoms with E-state index in [0.29, 0.717) is 32.7 Å². The van der Waals surface area contributed by atoms with Crippen LogP contribution in [0.3, 0.4) is 0 Å². The SMILES string of the molecule is CCCOC(Cc1ccc(OCCC=C2c3ccccc3OCOc3ccccc32)cc1)C(=O)OCC. The van der Waals surface area contributed by atoms with Crippen LogP contribution in [-0.4, -0.2) is 38.7 Å². The lowest BCUT2D eigenvalue weighted by molar-refractivity contribution is -0.156. The highest BCUT2D eigenvalue weighted by molar-refractivity contribution is 5.85. The Morgan fingerprint density at radius 1 is 0.892 bits per heavy atom. The standard InChI is InChI=1S/C31H34O6/c1-3-19-35-30(31(32)33-4-2)21-23-15-17-24(18-16-23)34-20-9-12-25-26-10-5-7-13-28(26)36-22-37-29-14-8-6-11-27(25)29/h5-8,10-18,30H,3-4,9,19-22H2,1-2H3. The summed E-state index contributed by atoms with van der Waals surface area (Å²) in [6.07, 6.45) is 3.58. The van der Waals surface area contributed by atoms with E-state index in [1.165, 1.54) is 0 Å². The number of benzene rings is 3. The van der Waals surface area contributed by atoms with Gasteiger partial charge in [0, 0.05) is 30.6 Å². The van der Waals surface area contributed by atoms with Crippen molar-refractivity contribution >= 4 is 11.5 Å². The van der Waals surface area contributed by atoms with E-state index in [9.17, 15) is 4.79 Å². The van der Waals surface area contributed by atoms with Gasteiger partial charge >= 0.3 is 5.97 Å². The first-order valence-electron chi connectivity index (χ1n) is 12.8. The van der Waals surface area contributed by atoms with Gasteiger partial charge in [-0.2, -0.15) is 0 Å². The van der Waals surface area contributed by atoms with Crippen molar-refractivity contribution in [3.8, 4) is 17.2 Å². The lowest BCUT2D eigenvalue weighted by Gasteiger charge is -2.21. The van der Waals surface area contributed by atoms with Gasteiger partial charge in [-0.3, -0.25) is 0 Å². The highest BCUT2D eigenvalue weighted by Crippen LogP contribution is 2.37. The molecule has 6 nitrogen and oxygen atoms in total. The van der Waals surface area contributed by atoms with E-state index in [1.54, 1.807) is 6.92 Å². The lowest BCUT2D eigenvalue weighted by Crippen LogP contribution is -2.29. The first-order valence-corrected chi connectivity index (χ1v) is 12.8. The van der Waals surface area contributed by atoms with Crippen LogP contribution in [0.5, 0.6) is 17.2 Å². The van der Waals surface area contributed by atoms with Crippen molar-refractivity contribution in [2.45, 2.75) is 39.2 Å². The molecule has 0 aliphatic carbocycles. The number of fused-ring (bicyclic) bond motifs is 2. The zero-order valence-electron chi connectivity index (χ0n) is 21.5. The summed E-state index contributed by atoms with van der Waals surface area (Å²) in [5, 5.41) is 0. The Hall–Kier alpha value is -3.77. The molecule has 0 radical (unpaired) electrons.